The molecule has 1 rings (SSSR count). The molecule has 0 radical (unpaired) electrons. The van der Waals surface area contributed by atoms with Crippen molar-refractivity contribution >= 4 is 11.9 Å². The van der Waals surface area contributed by atoms with Crippen molar-refractivity contribution < 1.29 is 19.6 Å². The lowest BCUT2D eigenvalue weighted by molar-refractivity contribution is -0.861. The smallest absolute Gasteiger partial charge is 0.325 e. The van der Waals surface area contributed by atoms with Gasteiger partial charge in [0.2, 0.25) is 0 Å². The maximum absolute atomic E-state index is 11.8. The molecule has 1 fully saturated rings. The van der Waals surface area contributed by atoms with E-state index >= 15 is 0 Å². The van der Waals surface area contributed by atoms with Crippen LogP contribution in [0.1, 0.15) is 13.8 Å². The number of aliphatic hydroxyl groups is 1. The number of β-amino-alcohol motifs (C(OH)–C–C–N with tert-alkyl or cyclic N) is 1. The van der Waals surface area contributed by atoms with Crippen LogP contribution in [0.4, 0.5) is 4.79 Å². The third kappa shape index (κ3) is 2.70. The number of amides is 3. The van der Waals surface area contributed by atoms with Crippen molar-refractivity contribution in [3.05, 3.63) is 0 Å². The van der Waals surface area contributed by atoms with Crippen molar-refractivity contribution in [1.82, 2.24) is 10.2 Å². The minimum absolute atomic E-state index is 0.0548. The lowest BCUT2D eigenvalue weighted by Gasteiger charge is -2.19. The van der Waals surface area contributed by atoms with Gasteiger partial charge in [-0.05, 0) is 13.8 Å². The maximum atomic E-state index is 11.8. The van der Waals surface area contributed by atoms with Crippen molar-refractivity contribution in [3.63, 3.8) is 0 Å². The molecule has 0 aromatic carbocycles. The Morgan fingerprint density at radius 1 is 1.44 bits per heavy atom. The molecule has 0 saturated carbocycles. The van der Waals surface area contributed by atoms with E-state index in [0.29, 0.717) is 6.54 Å². The van der Waals surface area contributed by atoms with Crippen molar-refractivity contribution in [1.29, 1.82) is 0 Å². The number of urea groups is 1. The topological polar surface area (TPSA) is 74.1 Å². The SMILES string of the molecule is C[NH+](C)CC(O)CN1C(=O)NC(C)(C)C1=O. The summed E-state index contributed by atoms with van der Waals surface area (Å²) in [5.41, 5.74) is -0.859. The van der Waals surface area contributed by atoms with E-state index in [4.69, 9.17) is 0 Å². The summed E-state index contributed by atoms with van der Waals surface area (Å²) in [5, 5.41) is 12.3. The highest BCUT2D eigenvalue weighted by Gasteiger charge is 2.44. The lowest BCUT2D eigenvalue weighted by Crippen LogP contribution is -3.07. The summed E-state index contributed by atoms with van der Waals surface area (Å²) < 4.78 is 0. The first-order chi connectivity index (χ1) is 7.24. The third-order valence-corrected chi connectivity index (χ3v) is 2.48. The van der Waals surface area contributed by atoms with Crippen LogP contribution in [-0.4, -0.2) is 60.8 Å². The third-order valence-electron chi connectivity index (χ3n) is 2.48. The molecule has 0 aliphatic carbocycles. The van der Waals surface area contributed by atoms with Crippen LogP contribution in [0.5, 0.6) is 0 Å². The highest BCUT2D eigenvalue weighted by atomic mass is 16.3. The number of quaternary nitrogens is 1. The highest BCUT2D eigenvalue weighted by Crippen LogP contribution is 2.16. The first kappa shape index (κ1) is 12.9. The largest absolute Gasteiger partial charge is 0.385 e. The number of carbonyl (C=O) groups is 2. The van der Waals surface area contributed by atoms with E-state index in [0.717, 1.165) is 9.80 Å². The first-order valence-electron chi connectivity index (χ1n) is 5.35. The van der Waals surface area contributed by atoms with Gasteiger partial charge in [0, 0.05) is 0 Å². The summed E-state index contributed by atoms with van der Waals surface area (Å²) in [4.78, 5) is 25.4. The van der Waals surface area contributed by atoms with E-state index in [2.05, 4.69) is 5.32 Å². The Balaban J connectivity index is 2.61. The van der Waals surface area contributed by atoms with Gasteiger partial charge in [-0.3, -0.25) is 9.69 Å². The predicted octanol–water partition coefficient (Wildman–Crippen LogP) is -2.18. The molecule has 1 atom stereocenters. The fraction of sp³-hybridized carbons (Fsp3) is 0.800. The van der Waals surface area contributed by atoms with Crippen molar-refractivity contribution in [2.45, 2.75) is 25.5 Å². The average Bonchev–Trinajstić information content (AvgIpc) is 2.26. The molecule has 3 amide bonds. The lowest BCUT2D eigenvalue weighted by atomic mass is 10.1. The van der Waals surface area contributed by atoms with Crippen molar-refractivity contribution in [2.24, 2.45) is 0 Å². The fourth-order valence-corrected chi connectivity index (χ4v) is 1.73. The molecule has 0 spiro atoms. The Hall–Kier alpha value is -1.14. The minimum atomic E-state index is -0.859. The Morgan fingerprint density at radius 2 is 2.00 bits per heavy atom. The summed E-state index contributed by atoms with van der Waals surface area (Å²) in [6, 6.07) is -0.428. The number of imide groups is 1. The second kappa shape index (κ2) is 4.39. The molecule has 0 aromatic rings. The molecular weight excluding hydrogens is 210 g/mol. The number of hydrogen-bond acceptors (Lipinski definition) is 3. The van der Waals surface area contributed by atoms with Gasteiger partial charge in [-0.15, -0.1) is 0 Å². The number of carbonyl (C=O) groups excluding carboxylic acids is 2. The summed E-state index contributed by atoms with van der Waals surface area (Å²) in [6.07, 6.45) is -0.686. The van der Waals surface area contributed by atoms with Crippen LogP contribution < -0.4 is 10.2 Å². The Kier molecular flexibility index (Phi) is 3.54. The van der Waals surface area contributed by atoms with Gasteiger partial charge in [0.25, 0.3) is 5.91 Å². The summed E-state index contributed by atoms with van der Waals surface area (Å²) in [5.74, 6) is -0.287. The van der Waals surface area contributed by atoms with E-state index in [1.54, 1.807) is 13.8 Å². The van der Waals surface area contributed by atoms with Gasteiger partial charge in [-0.1, -0.05) is 0 Å². The zero-order valence-electron chi connectivity index (χ0n) is 10.2. The molecule has 16 heavy (non-hydrogen) atoms. The standard InChI is InChI=1S/C10H19N3O3/c1-10(2)8(15)13(9(16)11-10)6-7(14)5-12(3)4/h7,14H,5-6H2,1-4H3,(H,11,16)/p+1. The Labute approximate surface area is 95.2 Å². The summed E-state index contributed by atoms with van der Waals surface area (Å²) in [6.45, 7) is 3.85. The van der Waals surface area contributed by atoms with Crippen molar-refractivity contribution in [3.8, 4) is 0 Å². The van der Waals surface area contributed by atoms with Gasteiger partial charge in [0.1, 0.15) is 18.2 Å². The molecule has 0 bridgehead atoms. The first-order valence-corrected chi connectivity index (χ1v) is 5.35. The number of nitrogens with one attached hydrogen (secondary N) is 2. The van der Waals surface area contributed by atoms with E-state index in [1.165, 1.54) is 0 Å². The van der Waals surface area contributed by atoms with E-state index < -0.39 is 17.7 Å². The zero-order chi connectivity index (χ0) is 12.5. The number of rotatable bonds is 4. The van der Waals surface area contributed by atoms with Gasteiger partial charge in [0.15, 0.2) is 0 Å². The van der Waals surface area contributed by atoms with E-state index in [9.17, 15) is 14.7 Å². The number of aliphatic hydroxyl groups excluding tert-OH is 1. The van der Waals surface area contributed by atoms with Crippen molar-refractivity contribution in [2.75, 3.05) is 27.2 Å². The second-order valence-corrected chi connectivity index (χ2v) is 5.04. The van der Waals surface area contributed by atoms with Crippen LogP contribution in [0, 0.1) is 0 Å². The van der Waals surface area contributed by atoms with E-state index in [-0.39, 0.29) is 12.5 Å². The average molecular weight is 230 g/mol. The molecule has 1 saturated heterocycles. The molecule has 3 N–H and O–H groups in total. The van der Waals surface area contributed by atoms with Crippen LogP contribution >= 0.6 is 0 Å². The predicted molar refractivity (Wildman–Crippen MR) is 58.0 cm³/mol. The van der Waals surface area contributed by atoms with Gasteiger partial charge >= 0.3 is 6.03 Å². The summed E-state index contributed by atoms with van der Waals surface area (Å²) >= 11 is 0. The quantitative estimate of drug-likeness (QED) is 0.481. The highest BCUT2D eigenvalue weighted by molar-refractivity contribution is 6.06. The minimum Gasteiger partial charge on any atom is -0.385 e. The number of likely N-dealkylation sites (N-methyl/N-ethyl adjacent to an activating group) is 1. The normalized spacial score (nSPS) is 21.5. The second-order valence-electron chi connectivity index (χ2n) is 5.04. The molecule has 1 aliphatic rings. The molecular formula is C10H20N3O3+. The van der Waals surface area contributed by atoms with Gasteiger partial charge in [-0.25, -0.2) is 4.79 Å². The van der Waals surface area contributed by atoms with Crippen LogP contribution in [-0.2, 0) is 4.79 Å². The maximum Gasteiger partial charge on any atom is 0.325 e. The molecule has 0 aromatic heterocycles. The van der Waals surface area contributed by atoms with Crippen LogP contribution in [0.2, 0.25) is 0 Å². The van der Waals surface area contributed by atoms with Crippen LogP contribution in [0.15, 0.2) is 0 Å². The van der Waals surface area contributed by atoms with Gasteiger partial charge in [0.05, 0.1) is 20.6 Å². The summed E-state index contributed by atoms with van der Waals surface area (Å²) in [7, 11) is 3.80. The molecule has 92 valence electrons. The molecule has 1 heterocycles. The number of nitrogens with zero attached hydrogens (tertiary/aromatic N) is 1. The van der Waals surface area contributed by atoms with Crippen LogP contribution in [0.3, 0.4) is 0 Å². The monoisotopic (exact) mass is 230 g/mol. The molecule has 6 heteroatoms. The fourth-order valence-electron chi connectivity index (χ4n) is 1.73. The van der Waals surface area contributed by atoms with E-state index in [1.807, 2.05) is 14.1 Å². The van der Waals surface area contributed by atoms with Crippen LogP contribution in [0.25, 0.3) is 0 Å². The molecule has 6 nitrogen and oxygen atoms in total. The molecule has 1 aliphatic heterocycles. The molecule has 1 unspecified atom stereocenters. The van der Waals surface area contributed by atoms with Gasteiger partial charge in [-0.2, -0.15) is 0 Å². The van der Waals surface area contributed by atoms with Gasteiger partial charge < -0.3 is 15.3 Å². The Morgan fingerprint density at radius 3 is 2.38 bits per heavy atom. The zero-order valence-corrected chi connectivity index (χ0v) is 10.2. The number of hydrogen-bond donors (Lipinski definition) is 3. The Bertz CT molecular complexity index is 302.